The van der Waals surface area contributed by atoms with Crippen molar-refractivity contribution in [2.75, 3.05) is 12.9 Å². The van der Waals surface area contributed by atoms with Crippen LogP contribution in [0.4, 0.5) is 0 Å². The zero-order chi connectivity index (χ0) is 15.4. The van der Waals surface area contributed by atoms with Gasteiger partial charge < -0.3 is 4.74 Å². The molecule has 0 saturated carbocycles. The predicted molar refractivity (Wildman–Crippen MR) is 84.9 cm³/mol. The van der Waals surface area contributed by atoms with Crippen molar-refractivity contribution in [3.8, 4) is 0 Å². The number of esters is 1. The smallest absolute Gasteiger partial charge is 0.305 e. The number of carbonyl (C=O) groups excluding carboxylic acids is 1. The fourth-order valence-electron chi connectivity index (χ4n) is 2.16. The van der Waals surface area contributed by atoms with Crippen LogP contribution in [0, 0.1) is 0 Å². The van der Waals surface area contributed by atoms with Crippen molar-refractivity contribution >= 4 is 34.3 Å². The van der Waals surface area contributed by atoms with Crippen molar-refractivity contribution in [1.29, 1.82) is 0 Å². The second-order valence-electron chi connectivity index (χ2n) is 4.81. The highest BCUT2D eigenvalue weighted by atomic mass is 32.2. The van der Waals surface area contributed by atoms with Gasteiger partial charge in [0.25, 0.3) is 0 Å². The largest absolute Gasteiger partial charge is 0.469 e. The molecule has 0 saturated heterocycles. The summed E-state index contributed by atoms with van der Waals surface area (Å²) in [4.78, 5) is 20.0. The Hall–Kier alpha value is -2.15. The van der Waals surface area contributed by atoms with Crippen molar-refractivity contribution in [2.24, 2.45) is 0 Å². The first-order valence-corrected chi connectivity index (χ1v) is 8.06. The lowest BCUT2D eigenvalue weighted by atomic mass is 10.2. The summed E-state index contributed by atoms with van der Waals surface area (Å²) in [6.07, 6.45) is 3.89. The Balaban J connectivity index is 1.65. The van der Waals surface area contributed by atoms with E-state index in [1.54, 1.807) is 22.6 Å². The van der Waals surface area contributed by atoms with Crippen LogP contribution in [-0.2, 0) is 9.53 Å². The summed E-state index contributed by atoms with van der Waals surface area (Å²) in [5.41, 5.74) is 1.74. The van der Waals surface area contributed by atoms with Crippen molar-refractivity contribution in [1.82, 2.24) is 19.6 Å². The molecule has 2 aromatic heterocycles. The molecule has 22 heavy (non-hydrogen) atoms. The van der Waals surface area contributed by atoms with Crippen LogP contribution in [0.3, 0.4) is 0 Å². The SMILES string of the molecule is COC(=O)CCCCSc1nc2c3ccccc3ncn2n1. The fourth-order valence-corrected chi connectivity index (χ4v) is 2.99. The summed E-state index contributed by atoms with van der Waals surface area (Å²) in [5.74, 6) is 0.715. The summed E-state index contributed by atoms with van der Waals surface area (Å²) in [6.45, 7) is 0. The molecule has 3 rings (SSSR count). The van der Waals surface area contributed by atoms with Gasteiger partial charge in [-0.25, -0.2) is 14.5 Å². The zero-order valence-electron chi connectivity index (χ0n) is 12.2. The number of para-hydroxylation sites is 1. The van der Waals surface area contributed by atoms with E-state index in [0.29, 0.717) is 6.42 Å². The van der Waals surface area contributed by atoms with Gasteiger partial charge in [0, 0.05) is 17.6 Å². The first kappa shape index (κ1) is 14.8. The summed E-state index contributed by atoms with van der Waals surface area (Å²) in [5, 5.41) is 6.15. The van der Waals surface area contributed by atoms with E-state index < -0.39 is 0 Å². The highest BCUT2D eigenvalue weighted by molar-refractivity contribution is 7.99. The van der Waals surface area contributed by atoms with E-state index in [2.05, 4.69) is 19.8 Å². The van der Waals surface area contributed by atoms with E-state index in [1.807, 2.05) is 24.3 Å². The average molecular weight is 316 g/mol. The lowest BCUT2D eigenvalue weighted by Crippen LogP contribution is -1.99. The van der Waals surface area contributed by atoms with Crippen LogP contribution in [-0.4, -0.2) is 38.4 Å². The van der Waals surface area contributed by atoms with Gasteiger partial charge in [0.1, 0.15) is 6.33 Å². The molecule has 7 heteroatoms. The van der Waals surface area contributed by atoms with Crippen LogP contribution >= 0.6 is 11.8 Å². The molecule has 0 aliphatic carbocycles. The number of hydrogen-bond acceptors (Lipinski definition) is 6. The number of benzene rings is 1. The molecule has 0 bridgehead atoms. The van der Waals surface area contributed by atoms with Crippen LogP contribution in [0.15, 0.2) is 35.7 Å². The van der Waals surface area contributed by atoms with Crippen molar-refractivity contribution < 1.29 is 9.53 Å². The molecule has 0 N–H and O–H groups in total. The second-order valence-corrected chi connectivity index (χ2v) is 5.87. The predicted octanol–water partition coefficient (Wildman–Crippen LogP) is 2.71. The molecule has 0 spiro atoms. The van der Waals surface area contributed by atoms with Gasteiger partial charge in [0.05, 0.1) is 12.6 Å². The van der Waals surface area contributed by atoms with E-state index >= 15 is 0 Å². The Morgan fingerprint density at radius 3 is 3.05 bits per heavy atom. The zero-order valence-corrected chi connectivity index (χ0v) is 13.0. The third-order valence-electron chi connectivity index (χ3n) is 3.30. The van der Waals surface area contributed by atoms with Crippen molar-refractivity contribution in [3.05, 3.63) is 30.6 Å². The quantitative estimate of drug-likeness (QED) is 0.396. The second kappa shape index (κ2) is 6.74. The number of aromatic nitrogens is 4. The molecule has 0 atom stereocenters. The Labute approximate surface area is 131 Å². The number of hydrogen-bond donors (Lipinski definition) is 0. The average Bonchev–Trinajstić information content (AvgIpc) is 2.97. The van der Waals surface area contributed by atoms with E-state index in [1.165, 1.54) is 7.11 Å². The molecular weight excluding hydrogens is 300 g/mol. The molecule has 6 nitrogen and oxygen atoms in total. The number of rotatable bonds is 6. The Morgan fingerprint density at radius 1 is 1.32 bits per heavy atom. The third-order valence-corrected chi connectivity index (χ3v) is 4.22. The number of unbranched alkanes of at least 4 members (excludes halogenated alkanes) is 1. The maximum absolute atomic E-state index is 11.0. The van der Waals surface area contributed by atoms with Gasteiger partial charge in [-0.3, -0.25) is 4.79 Å². The molecule has 2 heterocycles. The minimum Gasteiger partial charge on any atom is -0.469 e. The molecule has 114 valence electrons. The monoisotopic (exact) mass is 316 g/mol. The molecule has 1 aromatic carbocycles. The summed E-state index contributed by atoms with van der Waals surface area (Å²) < 4.78 is 6.32. The minimum atomic E-state index is -0.159. The lowest BCUT2D eigenvalue weighted by molar-refractivity contribution is -0.140. The van der Waals surface area contributed by atoms with E-state index in [0.717, 1.165) is 40.3 Å². The molecule has 0 radical (unpaired) electrons. The summed E-state index contributed by atoms with van der Waals surface area (Å²) >= 11 is 1.59. The number of carbonyl (C=O) groups is 1. The van der Waals surface area contributed by atoms with E-state index in [-0.39, 0.29) is 5.97 Å². The van der Waals surface area contributed by atoms with Crippen molar-refractivity contribution in [3.63, 3.8) is 0 Å². The number of methoxy groups -OCH3 is 1. The standard InChI is InChI=1S/C15H16N4O2S/c1-21-13(20)8-4-5-9-22-15-17-14-11-6-2-3-7-12(11)16-10-19(14)18-15/h2-3,6-7,10H,4-5,8-9H2,1H3. The van der Waals surface area contributed by atoms with Gasteiger partial charge in [-0.2, -0.15) is 0 Å². The maximum atomic E-state index is 11.0. The molecule has 0 aliphatic heterocycles. The van der Waals surface area contributed by atoms with Gasteiger partial charge in [-0.1, -0.05) is 23.9 Å². The van der Waals surface area contributed by atoms with Gasteiger partial charge in [-0.05, 0) is 25.0 Å². The van der Waals surface area contributed by atoms with Gasteiger partial charge >= 0.3 is 5.97 Å². The topological polar surface area (TPSA) is 69.4 Å². The van der Waals surface area contributed by atoms with Crippen molar-refractivity contribution in [2.45, 2.75) is 24.4 Å². The van der Waals surface area contributed by atoms with Crippen LogP contribution in [0.1, 0.15) is 19.3 Å². The highest BCUT2D eigenvalue weighted by Crippen LogP contribution is 2.21. The highest BCUT2D eigenvalue weighted by Gasteiger charge is 2.08. The minimum absolute atomic E-state index is 0.159. The lowest BCUT2D eigenvalue weighted by Gasteiger charge is -1.98. The van der Waals surface area contributed by atoms with Gasteiger partial charge in [0.15, 0.2) is 5.65 Å². The molecule has 0 fully saturated rings. The maximum Gasteiger partial charge on any atom is 0.305 e. The summed E-state index contributed by atoms with van der Waals surface area (Å²) in [6, 6.07) is 7.89. The van der Waals surface area contributed by atoms with Gasteiger partial charge in [-0.15, -0.1) is 5.10 Å². The normalized spacial score (nSPS) is 11.1. The number of fused-ring (bicyclic) bond motifs is 3. The number of ether oxygens (including phenoxy) is 1. The van der Waals surface area contributed by atoms with E-state index in [4.69, 9.17) is 0 Å². The molecule has 0 aliphatic rings. The van der Waals surface area contributed by atoms with Crippen LogP contribution in [0.25, 0.3) is 16.6 Å². The summed E-state index contributed by atoms with van der Waals surface area (Å²) in [7, 11) is 1.41. The van der Waals surface area contributed by atoms with Crippen LogP contribution in [0.2, 0.25) is 0 Å². The molecule has 3 aromatic rings. The fraction of sp³-hybridized carbons (Fsp3) is 0.333. The molecular formula is C15H16N4O2S. The number of nitrogens with zero attached hydrogens (tertiary/aromatic N) is 4. The van der Waals surface area contributed by atoms with Crippen LogP contribution in [0.5, 0.6) is 0 Å². The molecule has 0 unspecified atom stereocenters. The Bertz CT molecular complexity index is 802. The third kappa shape index (κ3) is 3.19. The Kier molecular flexibility index (Phi) is 4.53. The first-order chi connectivity index (χ1) is 10.8. The number of thioether (sulfide) groups is 1. The Morgan fingerprint density at radius 2 is 2.18 bits per heavy atom. The molecule has 0 amide bonds. The van der Waals surface area contributed by atoms with Crippen LogP contribution < -0.4 is 0 Å². The van der Waals surface area contributed by atoms with E-state index in [9.17, 15) is 4.79 Å². The first-order valence-electron chi connectivity index (χ1n) is 7.07. The van der Waals surface area contributed by atoms with Gasteiger partial charge in [0.2, 0.25) is 5.16 Å².